The Labute approximate surface area is 120 Å². The Kier molecular flexibility index (Phi) is 4.67. The molecular formula is C13H16BrNO2S. The van der Waals surface area contributed by atoms with Gasteiger partial charge in [-0.3, -0.25) is 0 Å². The Morgan fingerprint density at radius 2 is 2.33 bits per heavy atom. The van der Waals surface area contributed by atoms with Crippen molar-refractivity contribution in [1.82, 2.24) is 4.98 Å². The molecule has 2 atom stereocenters. The molecule has 98 valence electrons. The summed E-state index contributed by atoms with van der Waals surface area (Å²) >= 11 is 4.88. The molecule has 1 heterocycles. The van der Waals surface area contributed by atoms with Gasteiger partial charge in [-0.2, -0.15) is 0 Å². The number of pyridine rings is 1. The predicted octanol–water partition coefficient (Wildman–Crippen LogP) is 4.21. The number of nitrogens with zero attached hydrogens (tertiary/aromatic N) is 1. The lowest BCUT2D eigenvalue weighted by atomic mass is 9.91. The van der Waals surface area contributed by atoms with Gasteiger partial charge < -0.3 is 5.11 Å². The number of hydrogen-bond acceptors (Lipinski definition) is 3. The molecule has 1 fully saturated rings. The number of halogens is 1. The molecule has 0 spiro atoms. The number of hydrogen-bond donors (Lipinski definition) is 1. The summed E-state index contributed by atoms with van der Waals surface area (Å²) in [6.45, 7) is 2.26. The molecule has 0 radical (unpaired) electrons. The van der Waals surface area contributed by atoms with E-state index >= 15 is 0 Å². The van der Waals surface area contributed by atoms with E-state index in [-0.39, 0.29) is 0 Å². The van der Waals surface area contributed by atoms with E-state index in [4.69, 9.17) is 0 Å². The third kappa shape index (κ3) is 3.48. The zero-order valence-corrected chi connectivity index (χ0v) is 12.6. The lowest BCUT2D eigenvalue weighted by Crippen LogP contribution is -2.16. The Bertz CT molecular complexity index is 453. The van der Waals surface area contributed by atoms with Crippen LogP contribution in [0.5, 0.6) is 0 Å². The van der Waals surface area contributed by atoms with Gasteiger partial charge in [-0.1, -0.05) is 19.8 Å². The number of aromatic carboxylic acids is 1. The fourth-order valence-electron chi connectivity index (χ4n) is 2.32. The molecule has 3 nitrogen and oxygen atoms in total. The monoisotopic (exact) mass is 329 g/mol. The summed E-state index contributed by atoms with van der Waals surface area (Å²) in [4.78, 5) is 15.5. The van der Waals surface area contributed by atoms with Crippen LogP contribution in [-0.2, 0) is 0 Å². The van der Waals surface area contributed by atoms with Crippen LogP contribution in [-0.4, -0.2) is 21.3 Å². The highest BCUT2D eigenvalue weighted by molar-refractivity contribution is 9.10. The van der Waals surface area contributed by atoms with Crippen molar-refractivity contribution in [3.8, 4) is 0 Å². The Balaban J connectivity index is 2.15. The van der Waals surface area contributed by atoms with E-state index in [1.54, 1.807) is 24.0 Å². The predicted molar refractivity (Wildman–Crippen MR) is 76.2 cm³/mol. The number of carbonyl (C=O) groups is 1. The normalized spacial score (nSPS) is 23.9. The van der Waals surface area contributed by atoms with E-state index in [0.717, 1.165) is 18.8 Å². The second-order valence-electron chi connectivity index (χ2n) is 4.82. The van der Waals surface area contributed by atoms with E-state index in [1.165, 1.54) is 12.8 Å². The maximum absolute atomic E-state index is 11.2. The second-order valence-corrected chi connectivity index (χ2v) is 7.03. The van der Waals surface area contributed by atoms with E-state index in [2.05, 4.69) is 27.8 Å². The quantitative estimate of drug-likeness (QED) is 0.902. The fourth-order valence-corrected chi connectivity index (χ4v) is 4.06. The van der Waals surface area contributed by atoms with Crippen LogP contribution in [0.2, 0.25) is 0 Å². The SMILES string of the molecule is CC1CCCC(Sc2ncc(Br)cc2C(=O)O)C1. The van der Waals surface area contributed by atoms with Gasteiger partial charge in [0.05, 0.1) is 5.56 Å². The Morgan fingerprint density at radius 1 is 1.56 bits per heavy atom. The molecule has 1 aliphatic rings. The minimum Gasteiger partial charge on any atom is -0.478 e. The summed E-state index contributed by atoms with van der Waals surface area (Å²) in [5, 5.41) is 10.3. The molecule has 1 aromatic rings. The lowest BCUT2D eigenvalue weighted by molar-refractivity contribution is 0.0692. The van der Waals surface area contributed by atoms with Crippen molar-refractivity contribution >= 4 is 33.7 Å². The van der Waals surface area contributed by atoms with Gasteiger partial charge in [0.15, 0.2) is 0 Å². The molecule has 0 amide bonds. The zero-order chi connectivity index (χ0) is 13.1. The van der Waals surface area contributed by atoms with Gasteiger partial charge in [0.25, 0.3) is 0 Å². The van der Waals surface area contributed by atoms with Gasteiger partial charge in [0.1, 0.15) is 5.03 Å². The van der Waals surface area contributed by atoms with Crippen LogP contribution in [0.1, 0.15) is 43.0 Å². The molecule has 0 bridgehead atoms. The van der Waals surface area contributed by atoms with Crippen LogP contribution < -0.4 is 0 Å². The van der Waals surface area contributed by atoms with Crippen molar-refractivity contribution in [3.05, 3.63) is 22.3 Å². The topological polar surface area (TPSA) is 50.2 Å². The number of carboxylic acids is 1. The highest BCUT2D eigenvalue weighted by Crippen LogP contribution is 2.36. The van der Waals surface area contributed by atoms with Crippen LogP contribution in [0.15, 0.2) is 21.8 Å². The highest BCUT2D eigenvalue weighted by atomic mass is 79.9. The van der Waals surface area contributed by atoms with Crippen molar-refractivity contribution in [2.24, 2.45) is 5.92 Å². The van der Waals surface area contributed by atoms with Crippen LogP contribution in [0.4, 0.5) is 0 Å². The average molecular weight is 330 g/mol. The highest BCUT2D eigenvalue weighted by Gasteiger charge is 2.22. The van der Waals surface area contributed by atoms with Crippen LogP contribution in [0, 0.1) is 5.92 Å². The van der Waals surface area contributed by atoms with E-state index in [0.29, 0.717) is 20.3 Å². The molecule has 1 N–H and O–H groups in total. The molecule has 2 unspecified atom stereocenters. The first-order valence-corrected chi connectivity index (χ1v) is 7.79. The number of thioether (sulfide) groups is 1. The molecule has 2 rings (SSSR count). The van der Waals surface area contributed by atoms with Gasteiger partial charge in [0, 0.05) is 15.9 Å². The average Bonchev–Trinajstić information content (AvgIpc) is 2.31. The van der Waals surface area contributed by atoms with Crippen LogP contribution in [0.25, 0.3) is 0 Å². The molecule has 5 heteroatoms. The largest absolute Gasteiger partial charge is 0.478 e. The van der Waals surface area contributed by atoms with Crippen molar-refractivity contribution in [2.75, 3.05) is 0 Å². The lowest BCUT2D eigenvalue weighted by Gasteiger charge is -2.26. The summed E-state index contributed by atoms with van der Waals surface area (Å²) in [6, 6.07) is 1.63. The molecule has 0 aromatic carbocycles. The van der Waals surface area contributed by atoms with Gasteiger partial charge in [0.2, 0.25) is 0 Å². The minimum atomic E-state index is -0.907. The number of carboxylic acid groups (broad SMARTS) is 1. The molecular weight excluding hydrogens is 314 g/mol. The smallest absolute Gasteiger partial charge is 0.338 e. The summed E-state index contributed by atoms with van der Waals surface area (Å²) in [7, 11) is 0. The molecule has 1 aliphatic carbocycles. The van der Waals surface area contributed by atoms with Gasteiger partial charge in [-0.25, -0.2) is 9.78 Å². The third-order valence-electron chi connectivity index (χ3n) is 3.21. The first-order chi connectivity index (χ1) is 8.56. The molecule has 0 saturated heterocycles. The Hall–Kier alpha value is -0.550. The van der Waals surface area contributed by atoms with E-state index in [9.17, 15) is 9.90 Å². The van der Waals surface area contributed by atoms with Crippen molar-refractivity contribution in [3.63, 3.8) is 0 Å². The fraction of sp³-hybridized carbons (Fsp3) is 0.538. The molecule has 1 saturated carbocycles. The van der Waals surface area contributed by atoms with Gasteiger partial charge in [-0.15, -0.1) is 11.8 Å². The van der Waals surface area contributed by atoms with E-state index in [1.807, 2.05) is 0 Å². The van der Waals surface area contributed by atoms with Crippen LogP contribution >= 0.6 is 27.7 Å². The van der Waals surface area contributed by atoms with Gasteiger partial charge in [-0.05, 0) is 40.8 Å². The van der Waals surface area contributed by atoms with Crippen LogP contribution in [0.3, 0.4) is 0 Å². The number of rotatable bonds is 3. The maximum atomic E-state index is 11.2. The standard InChI is InChI=1S/C13H16BrNO2S/c1-8-3-2-4-10(5-8)18-12-11(13(16)17)6-9(14)7-15-12/h6-8,10H,2-5H2,1H3,(H,16,17). The maximum Gasteiger partial charge on any atom is 0.338 e. The third-order valence-corrected chi connectivity index (χ3v) is 4.96. The first-order valence-electron chi connectivity index (χ1n) is 6.11. The van der Waals surface area contributed by atoms with E-state index < -0.39 is 5.97 Å². The number of aromatic nitrogens is 1. The Morgan fingerprint density at radius 3 is 3.00 bits per heavy atom. The van der Waals surface area contributed by atoms with Crippen molar-refractivity contribution in [2.45, 2.75) is 42.9 Å². The first kappa shape index (κ1) is 13.9. The summed E-state index contributed by atoms with van der Waals surface area (Å²) in [5.41, 5.74) is 0.299. The second kappa shape index (κ2) is 6.06. The summed E-state index contributed by atoms with van der Waals surface area (Å²) in [5.74, 6) is -0.171. The van der Waals surface area contributed by atoms with Crippen molar-refractivity contribution < 1.29 is 9.90 Å². The molecule has 18 heavy (non-hydrogen) atoms. The summed E-state index contributed by atoms with van der Waals surface area (Å²) < 4.78 is 0.710. The summed E-state index contributed by atoms with van der Waals surface area (Å²) in [6.07, 6.45) is 6.50. The van der Waals surface area contributed by atoms with Gasteiger partial charge >= 0.3 is 5.97 Å². The zero-order valence-electron chi connectivity index (χ0n) is 10.2. The van der Waals surface area contributed by atoms with Crippen molar-refractivity contribution in [1.29, 1.82) is 0 Å². The molecule has 0 aliphatic heterocycles. The molecule has 1 aromatic heterocycles. The minimum absolute atomic E-state index is 0.299.